The summed E-state index contributed by atoms with van der Waals surface area (Å²) < 4.78 is 0. The number of hydrogen-bond acceptors (Lipinski definition) is 2. The maximum absolute atomic E-state index is 5.07. The number of rotatable bonds is 0. The molecule has 1 fully saturated rings. The maximum atomic E-state index is 5.07. The molecular formula is C6H10N2S2. The van der Waals surface area contributed by atoms with Crippen molar-refractivity contribution >= 4 is 34.5 Å². The lowest BCUT2D eigenvalue weighted by molar-refractivity contribution is 0.371. The number of nitrogens with one attached hydrogen (secondary N) is 1. The van der Waals surface area contributed by atoms with E-state index in [-0.39, 0.29) is 5.54 Å². The normalized spacial score (nSPS) is 23.3. The molecule has 0 aliphatic carbocycles. The lowest BCUT2D eigenvalue weighted by Gasteiger charge is -2.26. The highest BCUT2D eigenvalue weighted by Gasteiger charge is 2.37. The molecule has 0 aromatic heterocycles. The fraction of sp³-hybridized carbons (Fsp3) is 0.667. The zero-order chi connectivity index (χ0) is 7.94. The van der Waals surface area contributed by atoms with Crippen molar-refractivity contribution in [1.82, 2.24) is 10.2 Å². The van der Waals surface area contributed by atoms with Crippen LogP contribution >= 0.6 is 24.4 Å². The molecular weight excluding hydrogens is 164 g/mol. The molecule has 1 aliphatic heterocycles. The van der Waals surface area contributed by atoms with Crippen LogP contribution < -0.4 is 5.32 Å². The van der Waals surface area contributed by atoms with E-state index in [1.807, 2.05) is 25.8 Å². The van der Waals surface area contributed by atoms with Crippen LogP contribution in [0.4, 0.5) is 0 Å². The van der Waals surface area contributed by atoms with Gasteiger partial charge < -0.3 is 10.2 Å². The predicted octanol–water partition coefficient (Wildman–Crippen LogP) is 0.912. The number of hydrogen-bond donors (Lipinski definition) is 1. The third-order valence-electron chi connectivity index (χ3n) is 1.92. The number of thiocarbonyl (C=S) groups is 2. The van der Waals surface area contributed by atoms with Crippen LogP contribution in [0.15, 0.2) is 0 Å². The summed E-state index contributed by atoms with van der Waals surface area (Å²) in [6, 6.07) is 0. The summed E-state index contributed by atoms with van der Waals surface area (Å²) in [6.07, 6.45) is 0. The van der Waals surface area contributed by atoms with E-state index >= 15 is 0 Å². The first-order valence-corrected chi connectivity index (χ1v) is 3.87. The monoisotopic (exact) mass is 174 g/mol. The first-order valence-electron chi connectivity index (χ1n) is 3.05. The Morgan fingerprint density at radius 2 is 1.90 bits per heavy atom. The van der Waals surface area contributed by atoms with Gasteiger partial charge in [0.15, 0.2) is 5.11 Å². The zero-order valence-electron chi connectivity index (χ0n) is 6.26. The Hall–Kier alpha value is -0.220. The second kappa shape index (κ2) is 2.13. The van der Waals surface area contributed by atoms with Crippen LogP contribution in [0.1, 0.15) is 13.8 Å². The molecule has 4 heteroatoms. The Labute approximate surface area is 71.6 Å². The Morgan fingerprint density at radius 1 is 1.40 bits per heavy atom. The van der Waals surface area contributed by atoms with Gasteiger partial charge in [-0.1, -0.05) is 12.2 Å². The van der Waals surface area contributed by atoms with Crippen LogP contribution in [0.25, 0.3) is 0 Å². The van der Waals surface area contributed by atoms with Crippen molar-refractivity contribution < 1.29 is 0 Å². The molecule has 0 aromatic rings. The fourth-order valence-corrected chi connectivity index (χ4v) is 1.37. The van der Waals surface area contributed by atoms with Crippen LogP contribution in [-0.4, -0.2) is 27.6 Å². The molecule has 1 saturated heterocycles. The summed E-state index contributed by atoms with van der Waals surface area (Å²) in [4.78, 5) is 2.77. The van der Waals surface area contributed by atoms with E-state index < -0.39 is 0 Å². The molecule has 0 amide bonds. The van der Waals surface area contributed by atoms with Crippen LogP contribution in [-0.2, 0) is 0 Å². The van der Waals surface area contributed by atoms with Crippen molar-refractivity contribution in [1.29, 1.82) is 0 Å². The summed E-state index contributed by atoms with van der Waals surface area (Å²) in [5.74, 6) is 0. The molecule has 0 radical (unpaired) electrons. The van der Waals surface area contributed by atoms with Crippen LogP contribution in [0, 0.1) is 0 Å². The van der Waals surface area contributed by atoms with Crippen molar-refractivity contribution in [3.63, 3.8) is 0 Å². The average Bonchev–Trinajstić information content (AvgIpc) is 1.97. The lowest BCUT2D eigenvalue weighted by Crippen LogP contribution is -2.40. The van der Waals surface area contributed by atoms with Gasteiger partial charge in [0.2, 0.25) is 0 Å². The second-order valence-corrected chi connectivity index (χ2v) is 3.67. The lowest BCUT2D eigenvalue weighted by atomic mass is 10.1. The summed E-state index contributed by atoms with van der Waals surface area (Å²) in [7, 11) is 1.94. The zero-order valence-corrected chi connectivity index (χ0v) is 7.90. The SMILES string of the molecule is CN1C(=S)NC(=S)C1(C)C. The Morgan fingerprint density at radius 3 is 2.00 bits per heavy atom. The van der Waals surface area contributed by atoms with Gasteiger partial charge in [-0.25, -0.2) is 0 Å². The van der Waals surface area contributed by atoms with Gasteiger partial charge in [0.25, 0.3) is 0 Å². The molecule has 0 bridgehead atoms. The first-order chi connectivity index (χ1) is 4.46. The second-order valence-electron chi connectivity index (χ2n) is 2.88. The van der Waals surface area contributed by atoms with Crippen molar-refractivity contribution in [3.8, 4) is 0 Å². The van der Waals surface area contributed by atoms with E-state index in [1.165, 1.54) is 0 Å². The number of likely N-dealkylation sites (N-methyl/N-ethyl adjacent to an activating group) is 1. The maximum Gasteiger partial charge on any atom is 0.174 e. The molecule has 1 N–H and O–H groups in total. The van der Waals surface area contributed by atoms with Crippen molar-refractivity contribution in [3.05, 3.63) is 0 Å². The topological polar surface area (TPSA) is 15.3 Å². The first kappa shape index (κ1) is 7.88. The summed E-state index contributed by atoms with van der Waals surface area (Å²) >= 11 is 10.1. The van der Waals surface area contributed by atoms with E-state index in [0.29, 0.717) is 0 Å². The molecule has 10 heavy (non-hydrogen) atoms. The van der Waals surface area contributed by atoms with Gasteiger partial charge in [-0.05, 0) is 26.1 Å². The molecule has 0 aromatic carbocycles. The quantitative estimate of drug-likeness (QED) is 0.549. The molecule has 0 unspecified atom stereocenters. The highest BCUT2D eigenvalue weighted by atomic mass is 32.1. The standard InChI is InChI=1S/C6H10N2S2/c1-6(2)4(9)7-5(10)8(6)3/h1-3H3,(H,7,9,10). The predicted molar refractivity (Wildman–Crippen MR) is 50.2 cm³/mol. The van der Waals surface area contributed by atoms with Gasteiger partial charge in [-0.2, -0.15) is 0 Å². The molecule has 1 rings (SSSR count). The minimum absolute atomic E-state index is 0.105. The minimum Gasteiger partial charge on any atom is -0.341 e. The molecule has 1 heterocycles. The van der Waals surface area contributed by atoms with E-state index in [1.54, 1.807) is 0 Å². The van der Waals surface area contributed by atoms with Crippen LogP contribution in [0.5, 0.6) is 0 Å². The van der Waals surface area contributed by atoms with Crippen molar-refractivity contribution in [2.75, 3.05) is 7.05 Å². The van der Waals surface area contributed by atoms with E-state index in [0.717, 1.165) is 10.1 Å². The van der Waals surface area contributed by atoms with Gasteiger partial charge in [0.05, 0.1) is 5.54 Å². The Kier molecular flexibility index (Phi) is 1.68. The van der Waals surface area contributed by atoms with Gasteiger partial charge in [0.1, 0.15) is 4.99 Å². The fourth-order valence-electron chi connectivity index (χ4n) is 0.740. The van der Waals surface area contributed by atoms with Gasteiger partial charge in [0, 0.05) is 7.05 Å². The van der Waals surface area contributed by atoms with Gasteiger partial charge in [-0.15, -0.1) is 0 Å². The highest BCUT2D eigenvalue weighted by Crippen LogP contribution is 2.19. The summed E-state index contributed by atoms with van der Waals surface area (Å²) in [5.41, 5.74) is -0.105. The minimum atomic E-state index is -0.105. The average molecular weight is 174 g/mol. The van der Waals surface area contributed by atoms with E-state index in [4.69, 9.17) is 24.4 Å². The molecule has 1 aliphatic rings. The molecule has 0 saturated carbocycles. The van der Waals surface area contributed by atoms with Crippen molar-refractivity contribution in [2.45, 2.75) is 19.4 Å². The molecule has 2 nitrogen and oxygen atoms in total. The summed E-state index contributed by atoms with van der Waals surface area (Å²) in [6.45, 7) is 4.09. The smallest absolute Gasteiger partial charge is 0.174 e. The van der Waals surface area contributed by atoms with Crippen molar-refractivity contribution in [2.24, 2.45) is 0 Å². The molecule has 56 valence electrons. The molecule has 0 atom stereocenters. The number of nitrogens with zero attached hydrogens (tertiary/aromatic N) is 1. The summed E-state index contributed by atoms with van der Waals surface area (Å²) in [5, 5.41) is 3.66. The van der Waals surface area contributed by atoms with Crippen LogP contribution in [0.2, 0.25) is 0 Å². The molecule has 0 spiro atoms. The Balaban J connectivity index is 2.96. The van der Waals surface area contributed by atoms with E-state index in [9.17, 15) is 0 Å². The van der Waals surface area contributed by atoms with E-state index in [2.05, 4.69) is 5.32 Å². The highest BCUT2D eigenvalue weighted by molar-refractivity contribution is 7.82. The van der Waals surface area contributed by atoms with Crippen LogP contribution in [0.3, 0.4) is 0 Å². The Bertz CT molecular complexity index is 198. The third kappa shape index (κ3) is 0.914. The largest absolute Gasteiger partial charge is 0.341 e. The van der Waals surface area contributed by atoms with Gasteiger partial charge in [-0.3, -0.25) is 0 Å². The third-order valence-corrected chi connectivity index (χ3v) is 2.90. The van der Waals surface area contributed by atoms with Gasteiger partial charge >= 0.3 is 0 Å².